The van der Waals surface area contributed by atoms with Crippen molar-refractivity contribution in [2.45, 2.75) is 32.2 Å². The highest BCUT2D eigenvalue weighted by molar-refractivity contribution is 5.30. The Hall–Kier alpha value is -1.16. The minimum absolute atomic E-state index is 0.658. The number of hydrogen-bond donors (Lipinski definition) is 1. The van der Waals surface area contributed by atoms with Crippen LogP contribution in [-0.4, -0.2) is 36.1 Å². The summed E-state index contributed by atoms with van der Waals surface area (Å²) in [6, 6.07) is 0.658. The van der Waals surface area contributed by atoms with E-state index in [1.165, 1.54) is 18.4 Å². The van der Waals surface area contributed by atoms with Crippen molar-refractivity contribution in [2.24, 2.45) is 0 Å². The molecule has 16 heavy (non-hydrogen) atoms. The minimum Gasteiger partial charge on any atom is -0.341 e. The van der Waals surface area contributed by atoms with Crippen LogP contribution in [-0.2, 0) is 6.42 Å². The molecule has 1 aromatic heterocycles. The molecule has 0 aliphatic carbocycles. The van der Waals surface area contributed by atoms with E-state index < -0.39 is 0 Å². The van der Waals surface area contributed by atoms with Crippen molar-refractivity contribution in [1.82, 2.24) is 15.3 Å². The Bertz CT molecular complexity index is 314. The molecule has 1 aliphatic heterocycles. The lowest BCUT2D eigenvalue weighted by molar-refractivity contribution is 0.439. The normalized spacial score (nSPS) is 17.8. The third-order valence-corrected chi connectivity index (χ3v) is 3.29. The largest absolute Gasteiger partial charge is 0.341 e. The molecule has 0 atom stereocenters. The Morgan fingerprint density at radius 3 is 2.44 bits per heavy atom. The standard InChI is InChI=1S/C12H20N4/c1-3-10-8-14-12(15-9-10)16-6-4-11(13-2)5-7-16/h8-9,11,13H,3-7H2,1-2H3. The maximum Gasteiger partial charge on any atom is 0.225 e. The van der Waals surface area contributed by atoms with Crippen LogP contribution in [0.4, 0.5) is 5.95 Å². The highest BCUT2D eigenvalue weighted by Crippen LogP contribution is 2.15. The Labute approximate surface area is 97.1 Å². The third kappa shape index (κ3) is 2.50. The van der Waals surface area contributed by atoms with Gasteiger partial charge in [-0.05, 0) is 31.9 Å². The van der Waals surface area contributed by atoms with Gasteiger partial charge in [-0.2, -0.15) is 0 Å². The number of hydrogen-bond acceptors (Lipinski definition) is 4. The van der Waals surface area contributed by atoms with E-state index in [9.17, 15) is 0 Å². The second-order valence-electron chi connectivity index (χ2n) is 4.29. The van der Waals surface area contributed by atoms with Crippen molar-refractivity contribution in [3.05, 3.63) is 18.0 Å². The molecular weight excluding hydrogens is 200 g/mol. The van der Waals surface area contributed by atoms with E-state index in [1.807, 2.05) is 19.4 Å². The number of nitrogens with one attached hydrogen (secondary N) is 1. The van der Waals surface area contributed by atoms with Crippen molar-refractivity contribution in [3.63, 3.8) is 0 Å². The van der Waals surface area contributed by atoms with E-state index in [2.05, 4.69) is 27.1 Å². The van der Waals surface area contributed by atoms with Gasteiger partial charge in [-0.15, -0.1) is 0 Å². The topological polar surface area (TPSA) is 41.1 Å². The third-order valence-electron chi connectivity index (χ3n) is 3.29. The number of aromatic nitrogens is 2. The summed E-state index contributed by atoms with van der Waals surface area (Å²) in [6.45, 7) is 4.23. The molecular formula is C12H20N4. The number of rotatable bonds is 3. The number of anilines is 1. The fraction of sp³-hybridized carbons (Fsp3) is 0.667. The molecule has 0 bridgehead atoms. The van der Waals surface area contributed by atoms with Gasteiger partial charge in [0.2, 0.25) is 5.95 Å². The summed E-state index contributed by atoms with van der Waals surface area (Å²) in [6.07, 6.45) is 7.23. The molecule has 1 fully saturated rings. The molecule has 0 spiro atoms. The van der Waals surface area contributed by atoms with Crippen LogP contribution in [0.3, 0.4) is 0 Å². The van der Waals surface area contributed by atoms with E-state index in [0.717, 1.165) is 25.5 Å². The average molecular weight is 220 g/mol. The van der Waals surface area contributed by atoms with Gasteiger partial charge in [0.1, 0.15) is 0 Å². The van der Waals surface area contributed by atoms with E-state index in [1.54, 1.807) is 0 Å². The second kappa shape index (κ2) is 5.25. The highest BCUT2D eigenvalue weighted by Gasteiger charge is 2.19. The van der Waals surface area contributed by atoms with Crippen LogP contribution in [0.2, 0.25) is 0 Å². The molecule has 0 radical (unpaired) electrons. The number of nitrogens with zero attached hydrogens (tertiary/aromatic N) is 3. The first-order chi connectivity index (χ1) is 7.83. The highest BCUT2D eigenvalue weighted by atomic mass is 15.3. The molecule has 4 nitrogen and oxygen atoms in total. The van der Waals surface area contributed by atoms with Gasteiger partial charge in [0, 0.05) is 31.5 Å². The van der Waals surface area contributed by atoms with E-state index in [0.29, 0.717) is 6.04 Å². The van der Waals surface area contributed by atoms with Crippen LogP contribution < -0.4 is 10.2 Å². The summed E-state index contributed by atoms with van der Waals surface area (Å²) in [5.74, 6) is 0.881. The van der Waals surface area contributed by atoms with Crippen molar-refractivity contribution in [3.8, 4) is 0 Å². The first kappa shape index (κ1) is 11.3. The zero-order valence-corrected chi connectivity index (χ0v) is 10.1. The zero-order valence-electron chi connectivity index (χ0n) is 10.1. The molecule has 2 rings (SSSR count). The van der Waals surface area contributed by atoms with Crippen molar-refractivity contribution < 1.29 is 0 Å². The second-order valence-corrected chi connectivity index (χ2v) is 4.29. The first-order valence-electron chi connectivity index (χ1n) is 6.06. The molecule has 88 valence electrons. The fourth-order valence-electron chi connectivity index (χ4n) is 2.06. The lowest BCUT2D eigenvalue weighted by Gasteiger charge is -2.31. The minimum atomic E-state index is 0.658. The fourth-order valence-corrected chi connectivity index (χ4v) is 2.06. The number of piperidine rings is 1. The molecule has 0 unspecified atom stereocenters. The van der Waals surface area contributed by atoms with Crippen LogP contribution in [0.25, 0.3) is 0 Å². The lowest BCUT2D eigenvalue weighted by atomic mass is 10.1. The molecule has 1 aromatic rings. The predicted octanol–water partition coefficient (Wildman–Crippen LogP) is 1.23. The van der Waals surface area contributed by atoms with Gasteiger partial charge in [0.05, 0.1) is 0 Å². The van der Waals surface area contributed by atoms with Crippen LogP contribution in [0.15, 0.2) is 12.4 Å². The maximum atomic E-state index is 4.42. The Morgan fingerprint density at radius 2 is 1.94 bits per heavy atom. The van der Waals surface area contributed by atoms with Crippen molar-refractivity contribution >= 4 is 5.95 Å². The van der Waals surface area contributed by atoms with E-state index >= 15 is 0 Å². The SMILES string of the molecule is CCc1cnc(N2CCC(NC)CC2)nc1. The Kier molecular flexibility index (Phi) is 3.72. The molecule has 1 saturated heterocycles. The molecule has 4 heteroatoms. The van der Waals surface area contributed by atoms with Gasteiger partial charge in [-0.1, -0.05) is 6.92 Å². The lowest BCUT2D eigenvalue weighted by Crippen LogP contribution is -2.41. The van der Waals surface area contributed by atoms with Gasteiger partial charge in [-0.25, -0.2) is 9.97 Å². The molecule has 0 aromatic carbocycles. The van der Waals surface area contributed by atoms with Gasteiger partial charge in [-0.3, -0.25) is 0 Å². The van der Waals surface area contributed by atoms with Crippen LogP contribution in [0, 0.1) is 0 Å². The monoisotopic (exact) mass is 220 g/mol. The average Bonchev–Trinajstić information content (AvgIpc) is 2.39. The molecule has 0 amide bonds. The molecule has 0 saturated carbocycles. The summed E-state index contributed by atoms with van der Waals surface area (Å²) in [5, 5.41) is 3.33. The first-order valence-corrected chi connectivity index (χ1v) is 6.06. The van der Waals surface area contributed by atoms with E-state index in [-0.39, 0.29) is 0 Å². The Balaban J connectivity index is 1.97. The molecule has 2 heterocycles. The maximum absolute atomic E-state index is 4.42. The summed E-state index contributed by atoms with van der Waals surface area (Å²) >= 11 is 0. The van der Waals surface area contributed by atoms with E-state index in [4.69, 9.17) is 0 Å². The molecule has 1 aliphatic rings. The summed E-state index contributed by atoms with van der Waals surface area (Å²) in [5.41, 5.74) is 1.20. The quantitative estimate of drug-likeness (QED) is 0.832. The summed E-state index contributed by atoms with van der Waals surface area (Å²) < 4.78 is 0. The van der Waals surface area contributed by atoms with Crippen molar-refractivity contribution in [1.29, 1.82) is 0 Å². The van der Waals surface area contributed by atoms with Gasteiger partial charge in [0.15, 0.2) is 0 Å². The van der Waals surface area contributed by atoms with Gasteiger partial charge >= 0.3 is 0 Å². The summed E-state index contributed by atoms with van der Waals surface area (Å²) in [7, 11) is 2.03. The number of aryl methyl sites for hydroxylation is 1. The zero-order chi connectivity index (χ0) is 11.4. The molecule has 1 N–H and O–H groups in total. The Morgan fingerprint density at radius 1 is 1.31 bits per heavy atom. The van der Waals surface area contributed by atoms with Crippen LogP contribution in [0.1, 0.15) is 25.3 Å². The van der Waals surface area contributed by atoms with Gasteiger partial charge in [0.25, 0.3) is 0 Å². The van der Waals surface area contributed by atoms with Gasteiger partial charge < -0.3 is 10.2 Å². The smallest absolute Gasteiger partial charge is 0.225 e. The van der Waals surface area contributed by atoms with Crippen LogP contribution in [0.5, 0.6) is 0 Å². The van der Waals surface area contributed by atoms with Crippen LogP contribution >= 0.6 is 0 Å². The predicted molar refractivity (Wildman–Crippen MR) is 65.7 cm³/mol. The van der Waals surface area contributed by atoms with Crippen molar-refractivity contribution in [2.75, 3.05) is 25.0 Å². The summed E-state index contributed by atoms with van der Waals surface area (Å²) in [4.78, 5) is 11.1.